The number of nitrogens with zero attached hydrogens (tertiary/aromatic N) is 4. The molecule has 5 nitrogen and oxygen atoms in total. The average molecular weight is 270 g/mol. The zero-order valence-electron chi connectivity index (χ0n) is 10.7. The first-order chi connectivity index (χ1) is 9.67. The lowest BCUT2D eigenvalue weighted by Gasteiger charge is -1.99. The number of rotatable bonds is 3. The molecule has 100 valence electrons. The first-order valence-electron chi connectivity index (χ1n) is 5.97. The van der Waals surface area contributed by atoms with Crippen LogP contribution in [-0.4, -0.2) is 25.8 Å². The molecule has 2 aromatic heterocycles. The van der Waals surface area contributed by atoms with Gasteiger partial charge in [-0.3, -0.25) is 9.48 Å². The van der Waals surface area contributed by atoms with Crippen molar-refractivity contribution in [3.63, 3.8) is 0 Å². The number of halogens is 1. The molecule has 0 spiro atoms. The van der Waals surface area contributed by atoms with Crippen molar-refractivity contribution in [2.45, 2.75) is 0 Å². The summed E-state index contributed by atoms with van der Waals surface area (Å²) in [6.45, 7) is 0. The second-order valence-corrected chi connectivity index (χ2v) is 4.37. The van der Waals surface area contributed by atoms with Crippen molar-refractivity contribution in [2.24, 2.45) is 7.05 Å². The van der Waals surface area contributed by atoms with E-state index in [2.05, 4.69) is 10.2 Å². The Morgan fingerprint density at radius 3 is 2.55 bits per heavy atom. The normalized spacial score (nSPS) is 10.7. The summed E-state index contributed by atoms with van der Waals surface area (Å²) in [5.74, 6) is -0.316. The van der Waals surface area contributed by atoms with Gasteiger partial charge in [0.25, 0.3) is 0 Å². The molecule has 1 aromatic carbocycles. The van der Waals surface area contributed by atoms with Crippen LogP contribution in [0.2, 0.25) is 0 Å². The van der Waals surface area contributed by atoms with E-state index in [9.17, 15) is 9.18 Å². The van der Waals surface area contributed by atoms with Gasteiger partial charge in [0.2, 0.25) is 0 Å². The van der Waals surface area contributed by atoms with Crippen molar-refractivity contribution in [1.29, 1.82) is 0 Å². The molecule has 0 saturated heterocycles. The van der Waals surface area contributed by atoms with Crippen LogP contribution >= 0.6 is 0 Å². The summed E-state index contributed by atoms with van der Waals surface area (Å²) in [6.07, 6.45) is 5.78. The van der Waals surface area contributed by atoms with Gasteiger partial charge in [0, 0.05) is 25.0 Å². The van der Waals surface area contributed by atoms with Crippen LogP contribution in [0.5, 0.6) is 0 Å². The molecule has 0 fully saturated rings. The Kier molecular flexibility index (Phi) is 2.90. The maximum absolute atomic E-state index is 12.9. The van der Waals surface area contributed by atoms with E-state index in [-0.39, 0.29) is 5.82 Å². The second kappa shape index (κ2) is 4.73. The first-order valence-corrected chi connectivity index (χ1v) is 5.97. The minimum Gasteiger partial charge on any atom is -0.298 e. The summed E-state index contributed by atoms with van der Waals surface area (Å²) in [5.41, 5.74) is 2.46. The molecule has 0 bridgehead atoms. The highest BCUT2D eigenvalue weighted by Crippen LogP contribution is 2.22. The smallest absolute Gasteiger partial charge is 0.153 e. The van der Waals surface area contributed by atoms with Crippen LogP contribution in [0.1, 0.15) is 10.4 Å². The number of aromatic nitrogens is 4. The lowest BCUT2D eigenvalue weighted by molar-refractivity contribution is 0.112. The summed E-state index contributed by atoms with van der Waals surface area (Å²) in [7, 11) is 1.79. The Balaban J connectivity index is 2.09. The van der Waals surface area contributed by atoms with Crippen molar-refractivity contribution in [3.05, 3.63) is 54.2 Å². The first kappa shape index (κ1) is 12.3. The van der Waals surface area contributed by atoms with E-state index in [1.807, 2.05) is 0 Å². The second-order valence-electron chi connectivity index (χ2n) is 4.37. The predicted octanol–water partition coefficient (Wildman–Crippen LogP) is 2.22. The van der Waals surface area contributed by atoms with Crippen molar-refractivity contribution in [2.75, 3.05) is 0 Å². The van der Waals surface area contributed by atoms with E-state index in [1.54, 1.807) is 47.1 Å². The minimum absolute atomic E-state index is 0.316. The highest BCUT2D eigenvalue weighted by molar-refractivity contribution is 5.85. The SMILES string of the molecule is Cn1cc(-c2nn(-c3ccc(F)cc3)cc2C=O)cn1. The quantitative estimate of drug-likeness (QED) is 0.686. The topological polar surface area (TPSA) is 52.7 Å². The fourth-order valence-electron chi connectivity index (χ4n) is 1.97. The molecule has 0 atom stereocenters. The Bertz CT molecular complexity index is 758. The van der Waals surface area contributed by atoms with Gasteiger partial charge in [0.15, 0.2) is 6.29 Å². The standard InChI is InChI=1S/C14H11FN4O/c1-18-7-10(6-16-18)14-11(9-20)8-19(17-14)13-4-2-12(15)3-5-13/h2-9H,1H3. The minimum atomic E-state index is -0.316. The Hall–Kier alpha value is -2.76. The van der Waals surface area contributed by atoms with Gasteiger partial charge in [0.05, 0.1) is 17.4 Å². The average Bonchev–Trinajstić information content (AvgIpc) is 3.05. The van der Waals surface area contributed by atoms with Crippen LogP contribution in [0.25, 0.3) is 16.9 Å². The molecule has 0 aliphatic rings. The molecule has 0 aliphatic carbocycles. The van der Waals surface area contributed by atoms with E-state index in [0.29, 0.717) is 16.9 Å². The zero-order valence-corrected chi connectivity index (χ0v) is 10.7. The van der Waals surface area contributed by atoms with Gasteiger partial charge in [-0.05, 0) is 24.3 Å². The third kappa shape index (κ3) is 2.11. The molecule has 0 radical (unpaired) electrons. The number of aryl methyl sites for hydroxylation is 1. The highest BCUT2D eigenvalue weighted by Gasteiger charge is 2.13. The van der Waals surface area contributed by atoms with E-state index in [1.165, 1.54) is 12.1 Å². The van der Waals surface area contributed by atoms with Crippen molar-refractivity contribution in [1.82, 2.24) is 19.6 Å². The van der Waals surface area contributed by atoms with Gasteiger partial charge in [-0.2, -0.15) is 10.2 Å². The number of benzene rings is 1. The fraction of sp³-hybridized carbons (Fsp3) is 0.0714. The van der Waals surface area contributed by atoms with Gasteiger partial charge in [-0.25, -0.2) is 9.07 Å². The molecule has 3 aromatic rings. The summed E-state index contributed by atoms with van der Waals surface area (Å²) in [5, 5.41) is 8.44. The Morgan fingerprint density at radius 1 is 1.20 bits per heavy atom. The lowest BCUT2D eigenvalue weighted by atomic mass is 10.2. The molecular formula is C14H11FN4O. The van der Waals surface area contributed by atoms with E-state index in [4.69, 9.17) is 0 Å². The van der Waals surface area contributed by atoms with Crippen molar-refractivity contribution >= 4 is 6.29 Å². The Labute approximate surface area is 114 Å². The third-order valence-corrected chi connectivity index (χ3v) is 2.94. The Morgan fingerprint density at radius 2 is 1.95 bits per heavy atom. The summed E-state index contributed by atoms with van der Waals surface area (Å²) in [6, 6.07) is 5.90. The molecule has 0 saturated carbocycles. The van der Waals surface area contributed by atoms with Gasteiger partial charge in [0.1, 0.15) is 11.5 Å². The van der Waals surface area contributed by atoms with Gasteiger partial charge in [-0.15, -0.1) is 0 Å². The highest BCUT2D eigenvalue weighted by atomic mass is 19.1. The number of carbonyl (C=O) groups excluding carboxylic acids is 1. The summed E-state index contributed by atoms with van der Waals surface area (Å²) in [4.78, 5) is 11.2. The zero-order chi connectivity index (χ0) is 14.1. The molecule has 0 aliphatic heterocycles. The fourth-order valence-corrected chi connectivity index (χ4v) is 1.97. The van der Waals surface area contributed by atoms with Crippen LogP contribution < -0.4 is 0 Å². The molecule has 0 amide bonds. The van der Waals surface area contributed by atoms with Crippen LogP contribution in [0.3, 0.4) is 0 Å². The van der Waals surface area contributed by atoms with Gasteiger partial charge in [-0.1, -0.05) is 0 Å². The molecule has 6 heteroatoms. The largest absolute Gasteiger partial charge is 0.298 e. The molecule has 3 rings (SSSR count). The number of hydrogen-bond donors (Lipinski definition) is 0. The predicted molar refractivity (Wildman–Crippen MR) is 71.1 cm³/mol. The molecule has 2 heterocycles. The lowest BCUT2D eigenvalue weighted by Crippen LogP contribution is -1.94. The molecule has 20 heavy (non-hydrogen) atoms. The summed E-state index contributed by atoms with van der Waals surface area (Å²) >= 11 is 0. The van der Waals surface area contributed by atoms with Crippen LogP contribution in [0.4, 0.5) is 4.39 Å². The van der Waals surface area contributed by atoms with Crippen LogP contribution in [0, 0.1) is 5.82 Å². The van der Waals surface area contributed by atoms with E-state index < -0.39 is 0 Å². The monoisotopic (exact) mass is 270 g/mol. The van der Waals surface area contributed by atoms with Crippen molar-refractivity contribution in [3.8, 4) is 16.9 Å². The summed E-state index contributed by atoms with van der Waals surface area (Å²) < 4.78 is 16.1. The van der Waals surface area contributed by atoms with Crippen molar-refractivity contribution < 1.29 is 9.18 Å². The number of hydrogen-bond acceptors (Lipinski definition) is 3. The van der Waals surface area contributed by atoms with Crippen LogP contribution in [0.15, 0.2) is 42.9 Å². The van der Waals surface area contributed by atoms with Gasteiger partial charge < -0.3 is 0 Å². The third-order valence-electron chi connectivity index (χ3n) is 2.94. The maximum atomic E-state index is 12.9. The van der Waals surface area contributed by atoms with E-state index in [0.717, 1.165) is 11.8 Å². The number of carbonyl (C=O) groups is 1. The van der Waals surface area contributed by atoms with E-state index >= 15 is 0 Å². The van der Waals surface area contributed by atoms with Gasteiger partial charge >= 0.3 is 0 Å². The number of aldehydes is 1. The molecular weight excluding hydrogens is 259 g/mol. The molecule has 0 unspecified atom stereocenters. The van der Waals surface area contributed by atoms with Crippen LogP contribution in [-0.2, 0) is 7.05 Å². The molecule has 0 N–H and O–H groups in total. The maximum Gasteiger partial charge on any atom is 0.153 e.